The standard InChI is InChI=1S/AsH3O3.Li.H/c2-1(3)4;;/h1H,(H2,2,3,4);;. The molecule has 0 unspecified atom stereocenters. The Morgan fingerprint density at radius 3 is 1.40 bits per heavy atom. The van der Waals surface area contributed by atoms with Gasteiger partial charge in [0.15, 0.2) is 0 Å². The summed E-state index contributed by atoms with van der Waals surface area (Å²) in [5, 5.41) is 0. The average Bonchev–Trinajstić information content (AvgIpc) is 0.811. The second kappa shape index (κ2) is 4.88. The van der Waals surface area contributed by atoms with Crippen LogP contribution in [0.25, 0.3) is 0 Å². The first-order valence-corrected chi connectivity index (χ1v) is 3.38. The van der Waals surface area contributed by atoms with Crippen molar-refractivity contribution in [3.05, 3.63) is 0 Å². The van der Waals surface area contributed by atoms with Crippen molar-refractivity contribution in [3.63, 3.8) is 0 Å². The van der Waals surface area contributed by atoms with Crippen molar-refractivity contribution in [2.24, 2.45) is 0 Å². The Bertz CT molecular complexity index is 29.9. The molecule has 0 aromatic carbocycles. The van der Waals surface area contributed by atoms with Gasteiger partial charge in [0.25, 0.3) is 0 Å². The van der Waals surface area contributed by atoms with Crippen molar-refractivity contribution in [1.29, 1.82) is 0 Å². The first-order chi connectivity index (χ1) is 1.73. The van der Waals surface area contributed by atoms with Crippen molar-refractivity contribution in [1.82, 2.24) is 0 Å². The van der Waals surface area contributed by atoms with Crippen LogP contribution in [0.4, 0.5) is 0 Å². The summed E-state index contributed by atoms with van der Waals surface area (Å²) in [4.78, 5) is 0. The monoisotopic (exact) mass is 134 g/mol. The molecule has 5 heteroatoms. The van der Waals surface area contributed by atoms with Gasteiger partial charge in [-0.15, -0.1) is 0 Å². The summed E-state index contributed by atoms with van der Waals surface area (Å²) in [5.74, 6) is 0. The van der Waals surface area contributed by atoms with Gasteiger partial charge >= 0.3 is 46.1 Å². The maximum atomic E-state index is 8.81. The minimum atomic E-state index is -3.58. The van der Waals surface area contributed by atoms with Gasteiger partial charge < -0.3 is 0 Å². The Labute approximate surface area is 46.4 Å². The summed E-state index contributed by atoms with van der Waals surface area (Å²) in [6.07, 6.45) is 0. The van der Waals surface area contributed by atoms with Crippen LogP contribution in [0.5, 0.6) is 0 Å². The summed E-state index contributed by atoms with van der Waals surface area (Å²) in [6.45, 7) is 0. The van der Waals surface area contributed by atoms with Gasteiger partial charge in [0, 0.05) is 0 Å². The Balaban J connectivity index is 0. The van der Waals surface area contributed by atoms with Crippen LogP contribution < -0.4 is 0 Å². The van der Waals surface area contributed by atoms with E-state index in [2.05, 4.69) is 0 Å². The van der Waals surface area contributed by atoms with Crippen LogP contribution in [0.2, 0.25) is 0 Å². The molecule has 0 spiro atoms. The fraction of sp³-hybridized carbons (Fsp3) is 0. The predicted molar refractivity (Wildman–Crippen MR) is 19.4 cm³/mol. The van der Waals surface area contributed by atoms with Gasteiger partial charge in [-0.25, -0.2) is 0 Å². The van der Waals surface area contributed by atoms with Gasteiger partial charge in [0.05, 0.1) is 0 Å². The zero-order valence-electron chi connectivity index (χ0n) is 1.80. The molecule has 0 rings (SSSR count). The van der Waals surface area contributed by atoms with Crippen LogP contribution in [0.1, 0.15) is 0 Å². The first kappa shape index (κ1) is 9.30. The van der Waals surface area contributed by atoms with Crippen molar-refractivity contribution >= 4 is 34.1 Å². The van der Waals surface area contributed by atoms with Gasteiger partial charge in [0.2, 0.25) is 0 Å². The van der Waals surface area contributed by atoms with E-state index in [-0.39, 0.29) is 18.9 Å². The molecule has 0 heterocycles. The van der Waals surface area contributed by atoms with Crippen LogP contribution in [0.15, 0.2) is 0 Å². The zero-order chi connectivity index (χ0) is 3.58. The molecular formula is H4AsLiO3. The summed E-state index contributed by atoms with van der Waals surface area (Å²) in [6, 6.07) is 0. The molecule has 3 nitrogen and oxygen atoms in total. The van der Waals surface area contributed by atoms with E-state index >= 15 is 0 Å². The third-order valence-corrected chi connectivity index (χ3v) is 0. The van der Waals surface area contributed by atoms with Gasteiger partial charge in [-0.05, 0) is 0 Å². The molecule has 0 aliphatic heterocycles. The number of hydrogen-bond acceptors (Lipinski definition) is 1. The Morgan fingerprint density at radius 2 is 1.40 bits per heavy atom. The Kier molecular flexibility index (Phi) is 9.07. The van der Waals surface area contributed by atoms with Crippen LogP contribution in [-0.4, -0.2) is 42.3 Å². The molecule has 0 aromatic heterocycles. The Hall–Kier alpha value is 0.876. The van der Waals surface area contributed by atoms with Gasteiger partial charge in [-0.1, -0.05) is 0 Å². The summed E-state index contributed by atoms with van der Waals surface area (Å²) >= 11 is -3.58. The molecule has 0 aliphatic rings. The van der Waals surface area contributed by atoms with E-state index in [1.165, 1.54) is 0 Å². The summed E-state index contributed by atoms with van der Waals surface area (Å²) < 4.78 is 23.2. The molecule has 2 N–H and O–H groups in total. The third-order valence-electron chi connectivity index (χ3n) is 0. The molecule has 0 saturated heterocycles. The van der Waals surface area contributed by atoms with Crippen LogP contribution in [0.3, 0.4) is 0 Å². The molecule has 0 aliphatic carbocycles. The normalized spacial score (nSPS) is 7.00. The van der Waals surface area contributed by atoms with Gasteiger partial charge in [-0.3, -0.25) is 0 Å². The van der Waals surface area contributed by atoms with Crippen molar-refractivity contribution in [2.75, 3.05) is 0 Å². The molecule has 0 atom stereocenters. The Morgan fingerprint density at radius 1 is 1.40 bits per heavy atom. The molecule has 0 amide bonds. The van der Waals surface area contributed by atoms with Crippen molar-refractivity contribution < 1.29 is 11.9 Å². The molecule has 0 aromatic rings. The maximum absolute atomic E-state index is 8.81. The molecule has 0 saturated carbocycles. The second-order valence-corrected chi connectivity index (χ2v) is 1.47. The van der Waals surface area contributed by atoms with E-state index in [0.29, 0.717) is 0 Å². The minimum absolute atomic E-state index is 0. The van der Waals surface area contributed by atoms with Crippen LogP contribution in [-0.2, 0) is 3.74 Å². The quantitative estimate of drug-likeness (QED) is 0.359. The fourth-order valence-electron chi connectivity index (χ4n) is 0. The summed E-state index contributed by atoms with van der Waals surface area (Å²) in [5.41, 5.74) is 0. The van der Waals surface area contributed by atoms with E-state index in [0.717, 1.165) is 0 Å². The zero-order valence-corrected chi connectivity index (χ0v) is 3.90. The van der Waals surface area contributed by atoms with E-state index in [1.54, 1.807) is 0 Å². The van der Waals surface area contributed by atoms with Gasteiger partial charge in [-0.2, -0.15) is 0 Å². The third kappa shape index (κ3) is 52.6. The molecule has 28 valence electrons. The molecular weight excluding hydrogens is 130 g/mol. The van der Waals surface area contributed by atoms with E-state index < -0.39 is 15.3 Å². The van der Waals surface area contributed by atoms with Crippen LogP contribution in [0, 0.1) is 0 Å². The van der Waals surface area contributed by atoms with Crippen LogP contribution >= 0.6 is 0 Å². The van der Waals surface area contributed by atoms with E-state index in [9.17, 15) is 0 Å². The molecule has 0 radical (unpaired) electrons. The molecule has 0 fully saturated rings. The SMILES string of the molecule is O=[AsH](O)O.[LiH]. The van der Waals surface area contributed by atoms with E-state index in [4.69, 9.17) is 11.9 Å². The van der Waals surface area contributed by atoms with Crippen molar-refractivity contribution in [3.8, 4) is 0 Å². The van der Waals surface area contributed by atoms with E-state index in [1.807, 2.05) is 0 Å². The summed E-state index contributed by atoms with van der Waals surface area (Å²) in [7, 11) is 0. The average molecular weight is 134 g/mol. The first-order valence-electron chi connectivity index (χ1n) is 0.651. The predicted octanol–water partition coefficient (Wildman–Crippen LogP) is -2.53. The molecule has 5 heavy (non-hydrogen) atoms. The fourth-order valence-corrected chi connectivity index (χ4v) is 0. The number of hydrogen-bond donors (Lipinski definition) is 2. The second-order valence-electron chi connectivity index (χ2n) is 0.283. The van der Waals surface area contributed by atoms with Gasteiger partial charge in [0.1, 0.15) is 0 Å². The number of rotatable bonds is 0. The molecule has 0 bridgehead atoms. The van der Waals surface area contributed by atoms with Crippen molar-refractivity contribution in [2.45, 2.75) is 0 Å². The topological polar surface area (TPSA) is 57.5 Å².